The summed E-state index contributed by atoms with van der Waals surface area (Å²) in [6, 6.07) is 8.28. The number of benzene rings is 1. The molecule has 0 saturated carbocycles. The van der Waals surface area contributed by atoms with Gasteiger partial charge in [-0.05, 0) is 45.1 Å². The van der Waals surface area contributed by atoms with Crippen LogP contribution >= 0.6 is 0 Å². The first-order valence-corrected chi connectivity index (χ1v) is 8.79. The second kappa shape index (κ2) is 9.53. The van der Waals surface area contributed by atoms with E-state index >= 15 is 0 Å². The van der Waals surface area contributed by atoms with Gasteiger partial charge in [0.05, 0.1) is 17.6 Å². The highest BCUT2D eigenvalue weighted by molar-refractivity contribution is 5.78. The number of hydrogen-bond acceptors (Lipinski definition) is 4. The minimum absolute atomic E-state index is 0.713. The molecular formula is C18H30N4O. The molecule has 0 bridgehead atoms. The van der Waals surface area contributed by atoms with Crippen molar-refractivity contribution in [3.05, 3.63) is 24.3 Å². The van der Waals surface area contributed by atoms with Gasteiger partial charge in [-0.15, -0.1) is 0 Å². The van der Waals surface area contributed by atoms with Gasteiger partial charge in [0.25, 0.3) is 0 Å². The Kier molecular flexibility index (Phi) is 7.36. The summed E-state index contributed by atoms with van der Waals surface area (Å²) in [6.45, 7) is 13.0. The maximum atomic E-state index is 5.51. The summed E-state index contributed by atoms with van der Waals surface area (Å²) in [5, 5.41) is 3.50. The highest BCUT2D eigenvalue weighted by atomic mass is 16.5. The molecule has 0 aliphatic heterocycles. The Labute approximate surface area is 139 Å². The van der Waals surface area contributed by atoms with Crippen LogP contribution in [0.2, 0.25) is 0 Å². The molecule has 0 atom stereocenters. The van der Waals surface area contributed by atoms with Gasteiger partial charge in [0.1, 0.15) is 0 Å². The molecular weight excluding hydrogens is 288 g/mol. The van der Waals surface area contributed by atoms with Gasteiger partial charge < -0.3 is 19.5 Å². The van der Waals surface area contributed by atoms with Crippen molar-refractivity contribution in [2.45, 2.75) is 33.7 Å². The number of para-hydroxylation sites is 2. The van der Waals surface area contributed by atoms with Crippen molar-refractivity contribution in [3.63, 3.8) is 0 Å². The first-order valence-electron chi connectivity index (χ1n) is 8.79. The van der Waals surface area contributed by atoms with E-state index in [0.29, 0.717) is 6.61 Å². The molecule has 0 fully saturated rings. The zero-order chi connectivity index (χ0) is 16.5. The van der Waals surface area contributed by atoms with Crippen molar-refractivity contribution in [3.8, 4) is 0 Å². The second-order valence-corrected chi connectivity index (χ2v) is 5.58. The Bertz CT molecular complexity index is 577. The number of hydrogen-bond donors (Lipinski definition) is 1. The molecule has 0 aliphatic carbocycles. The normalized spacial score (nSPS) is 11.5. The van der Waals surface area contributed by atoms with Crippen LogP contribution in [0.5, 0.6) is 0 Å². The summed E-state index contributed by atoms with van der Waals surface area (Å²) < 4.78 is 7.74. The van der Waals surface area contributed by atoms with Crippen LogP contribution in [0.3, 0.4) is 0 Å². The van der Waals surface area contributed by atoms with E-state index in [1.54, 1.807) is 0 Å². The molecule has 2 aromatic rings. The third-order valence-electron chi connectivity index (χ3n) is 4.15. The quantitative estimate of drug-likeness (QED) is 0.646. The first kappa shape index (κ1) is 17.8. The third-order valence-corrected chi connectivity index (χ3v) is 4.15. The molecule has 0 aliphatic rings. The lowest BCUT2D eigenvalue weighted by molar-refractivity contribution is 0.140. The van der Waals surface area contributed by atoms with Gasteiger partial charge in [0.15, 0.2) is 0 Å². The predicted octanol–water partition coefficient (Wildman–Crippen LogP) is 3.22. The van der Waals surface area contributed by atoms with E-state index < -0.39 is 0 Å². The number of aromatic nitrogens is 2. The van der Waals surface area contributed by atoms with Crippen LogP contribution < -0.4 is 5.32 Å². The van der Waals surface area contributed by atoms with Crippen molar-refractivity contribution in [1.82, 2.24) is 14.5 Å². The van der Waals surface area contributed by atoms with Crippen molar-refractivity contribution in [2.24, 2.45) is 0 Å². The van der Waals surface area contributed by atoms with Gasteiger partial charge in [-0.25, -0.2) is 4.98 Å². The zero-order valence-electron chi connectivity index (χ0n) is 14.7. The predicted molar refractivity (Wildman–Crippen MR) is 97.1 cm³/mol. The summed E-state index contributed by atoms with van der Waals surface area (Å²) >= 11 is 0. The molecule has 1 N–H and O–H groups in total. The molecule has 1 aromatic carbocycles. The number of imidazole rings is 1. The van der Waals surface area contributed by atoms with E-state index in [0.717, 1.165) is 57.2 Å². The van der Waals surface area contributed by atoms with Crippen LogP contribution in [0.25, 0.3) is 11.0 Å². The summed E-state index contributed by atoms with van der Waals surface area (Å²) in [5.41, 5.74) is 2.20. The summed E-state index contributed by atoms with van der Waals surface area (Å²) in [7, 11) is 0. The lowest BCUT2D eigenvalue weighted by Crippen LogP contribution is -2.25. The van der Waals surface area contributed by atoms with Gasteiger partial charge in [-0.3, -0.25) is 0 Å². The average Bonchev–Trinajstić information content (AvgIpc) is 2.93. The molecule has 1 heterocycles. The molecule has 23 heavy (non-hydrogen) atoms. The van der Waals surface area contributed by atoms with Crippen LogP contribution in [0.1, 0.15) is 27.2 Å². The molecule has 5 heteroatoms. The van der Waals surface area contributed by atoms with Crippen LogP contribution in [0, 0.1) is 0 Å². The van der Waals surface area contributed by atoms with Crippen molar-refractivity contribution in [1.29, 1.82) is 0 Å². The molecule has 5 nitrogen and oxygen atoms in total. The minimum atomic E-state index is 0.713. The van der Waals surface area contributed by atoms with Crippen molar-refractivity contribution >= 4 is 17.0 Å². The van der Waals surface area contributed by atoms with Gasteiger partial charge in [-0.2, -0.15) is 0 Å². The molecule has 0 radical (unpaired) electrons. The van der Waals surface area contributed by atoms with Gasteiger partial charge >= 0.3 is 0 Å². The molecule has 0 saturated heterocycles. The number of fused-ring (bicyclic) bond motifs is 1. The number of anilines is 1. The van der Waals surface area contributed by atoms with Gasteiger partial charge in [-0.1, -0.05) is 26.0 Å². The largest absolute Gasteiger partial charge is 0.380 e. The highest BCUT2D eigenvalue weighted by Gasteiger charge is 2.09. The highest BCUT2D eigenvalue weighted by Crippen LogP contribution is 2.19. The standard InChI is InChI=1S/C18H30N4O/c1-4-21(5-2)13-9-12-19-18-20-16-10-7-8-11-17(16)22(18)14-15-23-6-3/h7-8,10-11H,4-6,9,12-15H2,1-3H3,(H,19,20). The van der Waals surface area contributed by atoms with Crippen molar-refractivity contribution < 1.29 is 4.74 Å². The Hall–Kier alpha value is -1.59. The van der Waals surface area contributed by atoms with E-state index in [1.165, 1.54) is 5.52 Å². The molecule has 0 spiro atoms. The first-order chi connectivity index (χ1) is 11.3. The van der Waals surface area contributed by atoms with Gasteiger partial charge in [0.2, 0.25) is 5.95 Å². The van der Waals surface area contributed by atoms with E-state index in [9.17, 15) is 0 Å². The topological polar surface area (TPSA) is 42.3 Å². The number of ether oxygens (including phenoxy) is 1. The van der Waals surface area contributed by atoms with Crippen LogP contribution in [0.4, 0.5) is 5.95 Å². The molecule has 2 rings (SSSR count). The fraction of sp³-hybridized carbons (Fsp3) is 0.611. The van der Waals surface area contributed by atoms with E-state index in [-0.39, 0.29) is 0 Å². The Morgan fingerprint density at radius 1 is 1.17 bits per heavy atom. The third kappa shape index (κ3) is 4.94. The molecule has 0 amide bonds. The van der Waals surface area contributed by atoms with E-state index in [2.05, 4.69) is 46.8 Å². The summed E-state index contributed by atoms with van der Waals surface area (Å²) in [4.78, 5) is 7.18. The summed E-state index contributed by atoms with van der Waals surface area (Å²) in [5.74, 6) is 0.949. The molecule has 0 unspecified atom stereocenters. The smallest absolute Gasteiger partial charge is 0.203 e. The minimum Gasteiger partial charge on any atom is -0.380 e. The fourth-order valence-electron chi connectivity index (χ4n) is 2.78. The second-order valence-electron chi connectivity index (χ2n) is 5.58. The Balaban J connectivity index is 1.99. The van der Waals surface area contributed by atoms with E-state index in [4.69, 9.17) is 9.72 Å². The monoisotopic (exact) mass is 318 g/mol. The van der Waals surface area contributed by atoms with E-state index in [1.807, 2.05) is 13.0 Å². The van der Waals surface area contributed by atoms with Crippen molar-refractivity contribution in [2.75, 3.05) is 44.7 Å². The average molecular weight is 318 g/mol. The maximum Gasteiger partial charge on any atom is 0.203 e. The Morgan fingerprint density at radius 2 is 1.96 bits per heavy atom. The number of nitrogens with one attached hydrogen (secondary N) is 1. The lowest BCUT2D eigenvalue weighted by atomic mass is 10.3. The molecule has 128 valence electrons. The maximum absolute atomic E-state index is 5.51. The molecule has 1 aromatic heterocycles. The Morgan fingerprint density at radius 3 is 2.70 bits per heavy atom. The van der Waals surface area contributed by atoms with Crippen LogP contribution in [0.15, 0.2) is 24.3 Å². The fourth-order valence-corrected chi connectivity index (χ4v) is 2.78. The van der Waals surface area contributed by atoms with Crippen LogP contribution in [-0.2, 0) is 11.3 Å². The number of rotatable bonds is 11. The zero-order valence-corrected chi connectivity index (χ0v) is 14.7. The summed E-state index contributed by atoms with van der Waals surface area (Å²) in [6.07, 6.45) is 1.12. The van der Waals surface area contributed by atoms with Gasteiger partial charge in [0, 0.05) is 19.7 Å². The SMILES string of the molecule is CCOCCn1c(NCCCN(CC)CC)nc2ccccc21. The number of nitrogens with zero attached hydrogens (tertiary/aromatic N) is 3. The lowest BCUT2D eigenvalue weighted by Gasteiger charge is -2.18. The van der Waals surface area contributed by atoms with Crippen LogP contribution in [-0.4, -0.2) is 53.8 Å².